The van der Waals surface area contributed by atoms with E-state index in [4.69, 9.17) is 15.2 Å². The molecule has 0 atom stereocenters. The second-order valence-electron chi connectivity index (χ2n) is 3.88. The maximum atomic E-state index is 5.96. The van der Waals surface area contributed by atoms with Crippen LogP contribution in [0.1, 0.15) is 5.56 Å². The molecule has 0 saturated carbocycles. The number of anilines is 1. The molecule has 0 aliphatic heterocycles. The second kappa shape index (κ2) is 5.31. The highest BCUT2D eigenvalue weighted by Gasteiger charge is 2.08. The Morgan fingerprint density at radius 1 is 1.06 bits per heavy atom. The van der Waals surface area contributed by atoms with Crippen LogP contribution in [0.3, 0.4) is 0 Å². The molecule has 0 aliphatic rings. The number of halogens is 1. The molecule has 0 spiro atoms. The highest BCUT2D eigenvalue weighted by atomic mass is 79.9. The van der Waals surface area contributed by atoms with Gasteiger partial charge in [-0.3, -0.25) is 0 Å². The fraction of sp³-hybridized carbons (Fsp3) is 0.143. The van der Waals surface area contributed by atoms with Crippen LogP contribution in [0.25, 0.3) is 0 Å². The minimum absolute atomic E-state index is 0.502. The van der Waals surface area contributed by atoms with Gasteiger partial charge in [0.25, 0.3) is 0 Å². The number of aryl methyl sites for hydroxylation is 1. The van der Waals surface area contributed by atoms with Crippen LogP contribution in [0.2, 0.25) is 0 Å². The average Bonchev–Trinajstić information content (AvgIpc) is 2.35. The summed E-state index contributed by atoms with van der Waals surface area (Å²) in [5.41, 5.74) is 7.50. The van der Waals surface area contributed by atoms with E-state index in [1.54, 1.807) is 13.2 Å². The standard InChI is InChI=1S/C14H14BrNO2/c1-9-8-10(15)6-7-11(9)18-13-5-3-4-12(17-2)14(13)16/h3-8H,16H2,1-2H3. The summed E-state index contributed by atoms with van der Waals surface area (Å²) in [5.74, 6) is 1.99. The molecule has 0 aliphatic carbocycles. The van der Waals surface area contributed by atoms with E-state index >= 15 is 0 Å². The molecular formula is C14H14BrNO2. The lowest BCUT2D eigenvalue weighted by atomic mass is 10.2. The maximum absolute atomic E-state index is 5.96. The smallest absolute Gasteiger partial charge is 0.154 e. The fourth-order valence-corrected chi connectivity index (χ4v) is 2.11. The van der Waals surface area contributed by atoms with E-state index in [9.17, 15) is 0 Å². The minimum Gasteiger partial charge on any atom is -0.494 e. The summed E-state index contributed by atoms with van der Waals surface area (Å²) in [4.78, 5) is 0. The molecule has 0 saturated heterocycles. The largest absolute Gasteiger partial charge is 0.494 e. The summed E-state index contributed by atoms with van der Waals surface area (Å²) < 4.78 is 12.0. The first kappa shape index (κ1) is 12.8. The van der Waals surface area contributed by atoms with Crippen molar-refractivity contribution in [2.24, 2.45) is 0 Å². The van der Waals surface area contributed by atoms with E-state index in [0.717, 1.165) is 15.8 Å². The molecular weight excluding hydrogens is 294 g/mol. The summed E-state index contributed by atoms with van der Waals surface area (Å²) >= 11 is 3.42. The van der Waals surface area contributed by atoms with Crippen molar-refractivity contribution in [3.8, 4) is 17.2 Å². The average molecular weight is 308 g/mol. The first-order valence-corrected chi connectivity index (χ1v) is 6.27. The number of hydrogen-bond donors (Lipinski definition) is 1. The third-order valence-corrected chi connectivity index (χ3v) is 3.10. The molecule has 18 heavy (non-hydrogen) atoms. The lowest BCUT2D eigenvalue weighted by Gasteiger charge is -2.13. The maximum Gasteiger partial charge on any atom is 0.154 e. The molecule has 2 N–H and O–H groups in total. The monoisotopic (exact) mass is 307 g/mol. The number of nitrogen functional groups attached to an aromatic ring is 1. The molecule has 0 fully saturated rings. The Bertz CT molecular complexity index is 570. The van der Waals surface area contributed by atoms with Crippen molar-refractivity contribution in [3.05, 3.63) is 46.4 Å². The van der Waals surface area contributed by atoms with Crippen LogP contribution in [0.4, 0.5) is 5.69 Å². The van der Waals surface area contributed by atoms with Crippen LogP contribution in [-0.4, -0.2) is 7.11 Å². The van der Waals surface area contributed by atoms with Gasteiger partial charge < -0.3 is 15.2 Å². The van der Waals surface area contributed by atoms with Crippen LogP contribution in [0.15, 0.2) is 40.9 Å². The van der Waals surface area contributed by atoms with Gasteiger partial charge in [0.1, 0.15) is 17.2 Å². The predicted molar refractivity (Wildman–Crippen MR) is 76.4 cm³/mol. The Balaban J connectivity index is 2.34. The summed E-state index contributed by atoms with van der Waals surface area (Å²) in [6, 6.07) is 11.3. The minimum atomic E-state index is 0.502. The number of nitrogens with two attached hydrogens (primary N) is 1. The summed E-state index contributed by atoms with van der Waals surface area (Å²) in [6.45, 7) is 1.98. The molecule has 94 valence electrons. The van der Waals surface area contributed by atoms with E-state index in [1.807, 2.05) is 37.3 Å². The van der Waals surface area contributed by atoms with Crippen molar-refractivity contribution in [2.75, 3.05) is 12.8 Å². The van der Waals surface area contributed by atoms with Crippen molar-refractivity contribution in [1.82, 2.24) is 0 Å². The molecule has 2 rings (SSSR count). The van der Waals surface area contributed by atoms with Crippen molar-refractivity contribution < 1.29 is 9.47 Å². The molecule has 0 aromatic heterocycles. The molecule has 4 heteroatoms. The van der Waals surface area contributed by atoms with Crippen LogP contribution in [0.5, 0.6) is 17.2 Å². The molecule has 2 aromatic rings. The van der Waals surface area contributed by atoms with Crippen LogP contribution < -0.4 is 15.2 Å². The highest BCUT2D eigenvalue weighted by molar-refractivity contribution is 9.10. The van der Waals surface area contributed by atoms with E-state index in [1.165, 1.54) is 0 Å². The van der Waals surface area contributed by atoms with Crippen LogP contribution >= 0.6 is 15.9 Å². The Morgan fingerprint density at radius 3 is 2.44 bits per heavy atom. The molecule has 3 nitrogen and oxygen atoms in total. The van der Waals surface area contributed by atoms with Crippen LogP contribution in [0, 0.1) is 6.92 Å². The van der Waals surface area contributed by atoms with Gasteiger partial charge in [0, 0.05) is 4.47 Å². The number of para-hydroxylation sites is 1. The van der Waals surface area contributed by atoms with E-state index in [-0.39, 0.29) is 0 Å². The van der Waals surface area contributed by atoms with Gasteiger partial charge in [0.15, 0.2) is 5.75 Å². The third-order valence-electron chi connectivity index (χ3n) is 2.60. The SMILES string of the molecule is COc1cccc(Oc2ccc(Br)cc2C)c1N. The Labute approximate surface area is 115 Å². The summed E-state index contributed by atoms with van der Waals surface area (Å²) in [5, 5.41) is 0. The number of methoxy groups -OCH3 is 1. The van der Waals surface area contributed by atoms with Gasteiger partial charge in [-0.25, -0.2) is 0 Å². The topological polar surface area (TPSA) is 44.5 Å². The fourth-order valence-electron chi connectivity index (χ4n) is 1.64. The lowest BCUT2D eigenvalue weighted by Crippen LogP contribution is -1.96. The van der Waals surface area contributed by atoms with Gasteiger partial charge >= 0.3 is 0 Å². The Morgan fingerprint density at radius 2 is 1.78 bits per heavy atom. The number of rotatable bonds is 3. The molecule has 0 heterocycles. The van der Waals surface area contributed by atoms with Crippen molar-refractivity contribution in [3.63, 3.8) is 0 Å². The first-order valence-electron chi connectivity index (χ1n) is 5.48. The first-order chi connectivity index (χ1) is 8.61. The predicted octanol–water partition coefficient (Wildman–Crippen LogP) is 4.14. The molecule has 2 aromatic carbocycles. The van der Waals surface area contributed by atoms with Gasteiger partial charge in [-0.05, 0) is 42.8 Å². The number of hydrogen-bond acceptors (Lipinski definition) is 3. The lowest BCUT2D eigenvalue weighted by molar-refractivity contribution is 0.412. The Kier molecular flexibility index (Phi) is 3.77. The molecule has 0 radical (unpaired) electrons. The van der Waals surface area contributed by atoms with Gasteiger partial charge in [0.05, 0.1) is 7.11 Å². The van der Waals surface area contributed by atoms with Crippen LogP contribution in [-0.2, 0) is 0 Å². The van der Waals surface area contributed by atoms with Gasteiger partial charge in [-0.1, -0.05) is 22.0 Å². The number of benzene rings is 2. The quantitative estimate of drug-likeness (QED) is 0.867. The zero-order valence-electron chi connectivity index (χ0n) is 10.2. The highest BCUT2D eigenvalue weighted by Crippen LogP contribution is 2.35. The Hall–Kier alpha value is -1.68. The zero-order valence-corrected chi connectivity index (χ0v) is 11.8. The van der Waals surface area contributed by atoms with Gasteiger partial charge in [-0.2, -0.15) is 0 Å². The summed E-state index contributed by atoms with van der Waals surface area (Å²) in [6.07, 6.45) is 0. The second-order valence-corrected chi connectivity index (χ2v) is 4.80. The molecule has 0 bridgehead atoms. The zero-order chi connectivity index (χ0) is 13.1. The van der Waals surface area contributed by atoms with Crippen molar-refractivity contribution >= 4 is 21.6 Å². The molecule has 0 amide bonds. The van der Waals surface area contributed by atoms with Crippen molar-refractivity contribution in [1.29, 1.82) is 0 Å². The summed E-state index contributed by atoms with van der Waals surface area (Å²) in [7, 11) is 1.58. The van der Waals surface area contributed by atoms with Gasteiger partial charge in [-0.15, -0.1) is 0 Å². The van der Waals surface area contributed by atoms with E-state index in [0.29, 0.717) is 17.2 Å². The normalized spacial score (nSPS) is 10.2. The van der Waals surface area contributed by atoms with E-state index in [2.05, 4.69) is 15.9 Å². The van der Waals surface area contributed by atoms with Crippen molar-refractivity contribution in [2.45, 2.75) is 6.92 Å². The van der Waals surface area contributed by atoms with E-state index < -0.39 is 0 Å². The molecule has 0 unspecified atom stereocenters. The van der Waals surface area contributed by atoms with Gasteiger partial charge in [0.2, 0.25) is 0 Å². The third kappa shape index (κ3) is 2.59. The number of ether oxygens (including phenoxy) is 2.